The van der Waals surface area contributed by atoms with Crippen LogP contribution in [0.3, 0.4) is 0 Å². The molecule has 1 N–H and O–H groups in total. The first-order chi connectivity index (χ1) is 8.50. The van der Waals surface area contributed by atoms with Crippen molar-refractivity contribution in [3.8, 4) is 0 Å². The second-order valence-corrected chi connectivity index (χ2v) is 7.19. The minimum Gasteiger partial charge on any atom is -0.337 e. The summed E-state index contributed by atoms with van der Waals surface area (Å²) in [7, 11) is -3.00. The van der Waals surface area contributed by atoms with Crippen molar-refractivity contribution in [1.29, 1.82) is 0 Å². The Labute approximate surface area is 110 Å². The third kappa shape index (κ3) is 4.48. The van der Waals surface area contributed by atoms with Gasteiger partial charge >= 0.3 is 6.03 Å². The maximum atomic E-state index is 12.0. The lowest BCUT2D eigenvalue weighted by atomic mass is 10.0. The van der Waals surface area contributed by atoms with Crippen molar-refractivity contribution < 1.29 is 13.2 Å². The van der Waals surface area contributed by atoms with E-state index in [0.29, 0.717) is 6.04 Å². The molecule has 1 fully saturated rings. The van der Waals surface area contributed by atoms with Gasteiger partial charge in [-0.1, -0.05) is 13.8 Å². The maximum Gasteiger partial charge on any atom is 0.317 e. The van der Waals surface area contributed by atoms with Crippen molar-refractivity contribution in [2.75, 3.05) is 24.6 Å². The Morgan fingerprint density at radius 3 is 2.67 bits per heavy atom. The van der Waals surface area contributed by atoms with Gasteiger partial charge in [0.2, 0.25) is 0 Å². The third-order valence-corrected chi connectivity index (χ3v) is 5.19. The molecule has 1 aliphatic heterocycles. The zero-order chi connectivity index (χ0) is 13.6. The summed E-state index contributed by atoms with van der Waals surface area (Å²) in [5, 5.41) is 2.71. The predicted octanol–water partition coefficient (Wildman–Crippen LogP) is 1.40. The summed E-state index contributed by atoms with van der Waals surface area (Å²) in [4.78, 5) is 13.8. The van der Waals surface area contributed by atoms with Crippen LogP contribution in [-0.2, 0) is 9.84 Å². The molecule has 1 rings (SSSR count). The summed E-state index contributed by atoms with van der Waals surface area (Å²) in [6.45, 7) is 4.69. The van der Waals surface area contributed by atoms with Crippen LogP contribution in [0.1, 0.15) is 39.5 Å². The van der Waals surface area contributed by atoms with Gasteiger partial charge in [0.25, 0.3) is 0 Å². The first-order valence-corrected chi connectivity index (χ1v) is 8.57. The van der Waals surface area contributed by atoms with E-state index in [1.807, 2.05) is 4.90 Å². The van der Waals surface area contributed by atoms with Gasteiger partial charge in [0.05, 0.1) is 5.75 Å². The van der Waals surface area contributed by atoms with Crippen molar-refractivity contribution in [1.82, 2.24) is 10.2 Å². The lowest BCUT2D eigenvalue weighted by Crippen LogP contribution is -2.49. The van der Waals surface area contributed by atoms with Crippen LogP contribution in [0.25, 0.3) is 0 Å². The number of nitrogens with zero attached hydrogens (tertiary/aromatic N) is 1. The molecular weight excluding hydrogens is 252 g/mol. The number of likely N-dealkylation sites (tertiary alicyclic amines) is 1. The molecule has 0 aromatic rings. The Bertz CT molecular complexity index is 368. The molecule has 0 aromatic heterocycles. The molecule has 0 spiro atoms. The number of rotatable bonds is 5. The van der Waals surface area contributed by atoms with Gasteiger partial charge in [0.1, 0.15) is 0 Å². The monoisotopic (exact) mass is 276 g/mol. The highest BCUT2D eigenvalue weighted by molar-refractivity contribution is 7.91. The van der Waals surface area contributed by atoms with E-state index in [-0.39, 0.29) is 24.1 Å². The number of amides is 2. The fraction of sp³-hybridized carbons (Fsp3) is 0.917. The highest BCUT2D eigenvalue weighted by Crippen LogP contribution is 2.19. The summed E-state index contributed by atoms with van der Waals surface area (Å²) >= 11 is 0. The number of urea groups is 1. The van der Waals surface area contributed by atoms with Crippen molar-refractivity contribution in [3.05, 3.63) is 0 Å². The summed E-state index contributed by atoms with van der Waals surface area (Å²) < 4.78 is 22.6. The number of carbonyl (C=O) groups is 1. The number of hydrogen-bond donors (Lipinski definition) is 1. The van der Waals surface area contributed by atoms with Gasteiger partial charge in [-0.15, -0.1) is 0 Å². The smallest absolute Gasteiger partial charge is 0.317 e. The zero-order valence-electron chi connectivity index (χ0n) is 11.3. The molecule has 1 saturated heterocycles. The van der Waals surface area contributed by atoms with E-state index >= 15 is 0 Å². The largest absolute Gasteiger partial charge is 0.337 e. The molecule has 18 heavy (non-hydrogen) atoms. The van der Waals surface area contributed by atoms with Gasteiger partial charge in [-0.25, -0.2) is 13.2 Å². The molecule has 0 aliphatic carbocycles. The number of sulfone groups is 1. The van der Waals surface area contributed by atoms with Gasteiger partial charge < -0.3 is 10.2 Å². The standard InChI is InChI=1S/C12H24N2O3S/c1-3-11-7-5-6-9-14(11)12(15)13-8-10-18(16,17)4-2/h11H,3-10H2,1-2H3,(H,13,15). The highest BCUT2D eigenvalue weighted by Gasteiger charge is 2.25. The molecule has 5 nitrogen and oxygen atoms in total. The van der Waals surface area contributed by atoms with Crippen LogP contribution in [0.4, 0.5) is 4.79 Å². The van der Waals surface area contributed by atoms with Gasteiger partial charge in [-0.2, -0.15) is 0 Å². The molecular formula is C12H24N2O3S. The van der Waals surface area contributed by atoms with Gasteiger partial charge in [0, 0.05) is 24.9 Å². The molecule has 6 heteroatoms. The molecule has 1 aliphatic rings. The molecule has 1 heterocycles. The first kappa shape index (κ1) is 15.3. The molecule has 0 saturated carbocycles. The van der Waals surface area contributed by atoms with Crippen molar-refractivity contribution >= 4 is 15.9 Å². The Kier molecular flexibility index (Phi) is 5.91. The Morgan fingerprint density at radius 1 is 1.33 bits per heavy atom. The Morgan fingerprint density at radius 2 is 2.06 bits per heavy atom. The fourth-order valence-electron chi connectivity index (χ4n) is 2.25. The predicted molar refractivity (Wildman–Crippen MR) is 72.4 cm³/mol. The van der Waals surface area contributed by atoms with Gasteiger partial charge in [-0.05, 0) is 25.7 Å². The lowest BCUT2D eigenvalue weighted by Gasteiger charge is -2.35. The fourth-order valence-corrected chi connectivity index (χ4v) is 2.95. The highest BCUT2D eigenvalue weighted by atomic mass is 32.2. The lowest BCUT2D eigenvalue weighted by molar-refractivity contribution is 0.149. The van der Waals surface area contributed by atoms with E-state index in [4.69, 9.17) is 0 Å². The molecule has 0 aromatic carbocycles. The summed E-state index contributed by atoms with van der Waals surface area (Å²) in [5.41, 5.74) is 0. The molecule has 1 unspecified atom stereocenters. The van der Waals surface area contributed by atoms with Crippen molar-refractivity contribution in [2.24, 2.45) is 0 Å². The second-order valence-electron chi connectivity index (χ2n) is 4.72. The van der Waals surface area contributed by atoms with Crippen LogP contribution >= 0.6 is 0 Å². The third-order valence-electron chi connectivity index (χ3n) is 3.49. The number of piperidine rings is 1. The van der Waals surface area contributed by atoms with Crippen LogP contribution in [0.5, 0.6) is 0 Å². The SMILES string of the molecule is CCC1CCCCN1C(=O)NCCS(=O)(=O)CC. The summed E-state index contributed by atoms with van der Waals surface area (Å²) in [6.07, 6.45) is 4.22. The topological polar surface area (TPSA) is 66.5 Å². The summed E-state index contributed by atoms with van der Waals surface area (Å²) in [6, 6.07) is 0.189. The number of hydrogen-bond acceptors (Lipinski definition) is 3. The van der Waals surface area contributed by atoms with Gasteiger partial charge in [-0.3, -0.25) is 0 Å². The minimum atomic E-state index is -3.00. The van der Waals surface area contributed by atoms with E-state index in [1.165, 1.54) is 6.42 Å². The van der Waals surface area contributed by atoms with E-state index in [2.05, 4.69) is 12.2 Å². The zero-order valence-corrected chi connectivity index (χ0v) is 12.1. The van der Waals surface area contributed by atoms with Crippen LogP contribution in [0.2, 0.25) is 0 Å². The molecule has 106 valence electrons. The van der Waals surface area contributed by atoms with E-state index < -0.39 is 9.84 Å². The second kappa shape index (κ2) is 6.97. The van der Waals surface area contributed by atoms with Crippen LogP contribution in [-0.4, -0.2) is 50.0 Å². The first-order valence-electron chi connectivity index (χ1n) is 6.75. The number of nitrogens with one attached hydrogen (secondary N) is 1. The van der Waals surface area contributed by atoms with Crippen LogP contribution < -0.4 is 5.32 Å². The van der Waals surface area contributed by atoms with Crippen LogP contribution in [0.15, 0.2) is 0 Å². The average Bonchev–Trinajstić information content (AvgIpc) is 2.38. The molecule has 0 radical (unpaired) electrons. The minimum absolute atomic E-state index is 0.0277. The molecule has 1 atom stereocenters. The van der Waals surface area contributed by atoms with E-state index in [1.54, 1.807) is 6.92 Å². The van der Waals surface area contributed by atoms with Gasteiger partial charge in [0.15, 0.2) is 9.84 Å². The van der Waals surface area contributed by atoms with Crippen LogP contribution in [0, 0.1) is 0 Å². The Hall–Kier alpha value is -0.780. The normalized spacial score (nSPS) is 20.8. The maximum absolute atomic E-state index is 12.0. The Balaban J connectivity index is 2.40. The quantitative estimate of drug-likeness (QED) is 0.825. The van der Waals surface area contributed by atoms with E-state index in [0.717, 1.165) is 25.8 Å². The average molecular weight is 276 g/mol. The van der Waals surface area contributed by atoms with Crippen molar-refractivity contribution in [3.63, 3.8) is 0 Å². The number of carbonyl (C=O) groups excluding carboxylic acids is 1. The molecule has 2 amide bonds. The molecule has 0 bridgehead atoms. The van der Waals surface area contributed by atoms with E-state index in [9.17, 15) is 13.2 Å². The summed E-state index contributed by atoms with van der Waals surface area (Å²) in [5.74, 6) is 0.157. The van der Waals surface area contributed by atoms with Crippen molar-refractivity contribution in [2.45, 2.75) is 45.6 Å².